The molecular weight excluding hydrogens is 302 g/mol. The summed E-state index contributed by atoms with van der Waals surface area (Å²) < 4.78 is 16.7. The molecule has 0 saturated carbocycles. The fraction of sp³-hybridized carbons (Fsp3) is 0.200. The van der Waals surface area contributed by atoms with E-state index in [0.29, 0.717) is 19.8 Å². The van der Waals surface area contributed by atoms with Gasteiger partial charge in [0, 0.05) is 6.54 Å². The van der Waals surface area contributed by atoms with Crippen LogP contribution in [0.15, 0.2) is 77.4 Å². The van der Waals surface area contributed by atoms with Crippen LogP contribution in [0.4, 0.5) is 0 Å². The fourth-order valence-electron chi connectivity index (χ4n) is 2.32. The van der Waals surface area contributed by atoms with Gasteiger partial charge in [-0.05, 0) is 42.0 Å². The van der Waals surface area contributed by atoms with Crippen LogP contribution in [0, 0.1) is 0 Å². The highest BCUT2D eigenvalue weighted by Crippen LogP contribution is 2.14. The Kier molecular flexibility index (Phi) is 5.92. The van der Waals surface area contributed by atoms with Crippen molar-refractivity contribution in [1.29, 1.82) is 0 Å². The second kappa shape index (κ2) is 8.79. The first-order valence-corrected chi connectivity index (χ1v) is 8.03. The van der Waals surface area contributed by atoms with Crippen molar-refractivity contribution < 1.29 is 13.9 Å². The van der Waals surface area contributed by atoms with Crippen LogP contribution >= 0.6 is 0 Å². The van der Waals surface area contributed by atoms with E-state index in [-0.39, 0.29) is 0 Å². The standard InChI is InChI=1S/C20H21NO3/c1-2-7-18(8-3-1)23-12-13-24-19-9-4-6-17(14-19)15-21-16-20-10-5-11-22-20/h1-11,14,21H,12-13,15-16H2. The van der Waals surface area contributed by atoms with E-state index < -0.39 is 0 Å². The van der Waals surface area contributed by atoms with Crippen molar-refractivity contribution in [2.24, 2.45) is 0 Å². The van der Waals surface area contributed by atoms with E-state index in [1.807, 2.05) is 60.7 Å². The summed E-state index contributed by atoms with van der Waals surface area (Å²) in [5.41, 5.74) is 1.17. The Labute approximate surface area is 142 Å². The molecule has 0 spiro atoms. The van der Waals surface area contributed by atoms with Crippen LogP contribution in [0.5, 0.6) is 11.5 Å². The maximum atomic E-state index is 5.75. The first-order valence-electron chi connectivity index (χ1n) is 8.03. The van der Waals surface area contributed by atoms with Crippen molar-refractivity contribution in [3.05, 3.63) is 84.3 Å². The predicted octanol–water partition coefficient (Wildman–Crippen LogP) is 4.03. The first-order chi connectivity index (χ1) is 11.9. The summed E-state index contributed by atoms with van der Waals surface area (Å²) in [5.74, 6) is 2.64. The number of nitrogens with one attached hydrogen (secondary N) is 1. The van der Waals surface area contributed by atoms with E-state index in [2.05, 4.69) is 11.4 Å². The summed E-state index contributed by atoms with van der Waals surface area (Å²) in [6, 6.07) is 21.7. The molecule has 0 saturated heterocycles. The molecule has 0 unspecified atom stereocenters. The molecule has 1 aromatic heterocycles. The highest BCUT2D eigenvalue weighted by molar-refractivity contribution is 5.28. The molecule has 1 N–H and O–H groups in total. The van der Waals surface area contributed by atoms with Gasteiger partial charge in [-0.15, -0.1) is 0 Å². The molecule has 1 heterocycles. The zero-order chi connectivity index (χ0) is 16.5. The summed E-state index contributed by atoms with van der Waals surface area (Å²) in [6.07, 6.45) is 1.68. The van der Waals surface area contributed by atoms with Gasteiger partial charge in [-0.25, -0.2) is 0 Å². The van der Waals surface area contributed by atoms with Gasteiger partial charge in [-0.1, -0.05) is 30.3 Å². The van der Waals surface area contributed by atoms with Crippen LogP contribution in [0.3, 0.4) is 0 Å². The smallest absolute Gasteiger partial charge is 0.122 e. The highest BCUT2D eigenvalue weighted by atomic mass is 16.5. The molecule has 0 bridgehead atoms. The summed E-state index contributed by atoms with van der Waals surface area (Å²) >= 11 is 0. The number of rotatable bonds is 9. The van der Waals surface area contributed by atoms with Gasteiger partial charge in [0.25, 0.3) is 0 Å². The van der Waals surface area contributed by atoms with Crippen molar-refractivity contribution in [2.45, 2.75) is 13.1 Å². The van der Waals surface area contributed by atoms with E-state index in [4.69, 9.17) is 13.9 Å². The molecule has 0 atom stereocenters. The number of hydrogen-bond acceptors (Lipinski definition) is 4. The second-order valence-corrected chi connectivity index (χ2v) is 5.34. The molecule has 3 rings (SSSR count). The van der Waals surface area contributed by atoms with E-state index in [1.54, 1.807) is 6.26 Å². The minimum atomic E-state index is 0.512. The monoisotopic (exact) mass is 323 g/mol. The summed E-state index contributed by atoms with van der Waals surface area (Å²) in [7, 11) is 0. The van der Waals surface area contributed by atoms with Crippen molar-refractivity contribution in [3.63, 3.8) is 0 Å². The Morgan fingerprint density at radius 3 is 2.33 bits per heavy atom. The van der Waals surface area contributed by atoms with Crippen molar-refractivity contribution >= 4 is 0 Å². The number of benzene rings is 2. The maximum Gasteiger partial charge on any atom is 0.122 e. The average molecular weight is 323 g/mol. The van der Waals surface area contributed by atoms with Crippen LogP contribution < -0.4 is 14.8 Å². The molecule has 124 valence electrons. The third-order valence-electron chi connectivity index (χ3n) is 3.47. The molecule has 0 amide bonds. The van der Waals surface area contributed by atoms with E-state index >= 15 is 0 Å². The van der Waals surface area contributed by atoms with Gasteiger partial charge in [-0.2, -0.15) is 0 Å². The molecule has 4 heteroatoms. The van der Waals surface area contributed by atoms with E-state index in [1.165, 1.54) is 5.56 Å². The molecule has 4 nitrogen and oxygen atoms in total. The van der Waals surface area contributed by atoms with Crippen molar-refractivity contribution in [1.82, 2.24) is 5.32 Å². The Balaban J connectivity index is 1.39. The maximum absolute atomic E-state index is 5.75. The molecular formula is C20H21NO3. The summed E-state index contributed by atoms with van der Waals surface area (Å²) in [5, 5.41) is 3.35. The van der Waals surface area contributed by atoms with Gasteiger partial charge in [-0.3, -0.25) is 0 Å². The summed E-state index contributed by atoms with van der Waals surface area (Å²) in [4.78, 5) is 0. The lowest BCUT2D eigenvalue weighted by Gasteiger charge is -2.10. The van der Waals surface area contributed by atoms with E-state index in [0.717, 1.165) is 23.8 Å². The van der Waals surface area contributed by atoms with Gasteiger partial charge in [0.15, 0.2) is 0 Å². The molecule has 0 radical (unpaired) electrons. The zero-order valence-corrected chi connectivity index (χ0v) is 13.5. The van der Waals surface area contributed by atoms with Crippen molar-refractivity contribution in [3.8, 4) is 11.5 Å². The van der Waals surface area contributed by atoms with Crippen LogP contribution in [0.2, 0.25) is 0 Å². The van der Waals surface area contributed by atoms with Gasteiger partial charge < -0.3 is 19.2 Å². The minimum absolute atomic E-state index is 0.512. The second-order valence-electron chi connectivity index (χ2n) is 5.34. The zero-order valence-electron chi connectivity index (χ0n) is 13.5. The Morgan fingerprint density at radius 1 is 0.750 bits per heavy atom. The number of ether oxygens (including phenoxy) is 2. The Hall–Kier alpha value is -2.72. The molecule has 3 aromatic rings. The molecule has 2 aromatic carbocycles. The first kappa shape index (κ1) is 16.1. The Bertz CT molecular complexity index is 711. The van der Waals surface area contributed by atoms with Crippen LogP contribution in [-0.4, -0.2) is 13.2 Å². The molecule has 0 fully saturated rings. The SMILES string of the molecule is c1ccc(OCCOc2cccc(CNCc3ccco3)c2)cc1. The molecule has 0 aliphatic rings. The average Bonchev–Trinajstić information content (AvgIpc) is 3.14. The van der Waals surface area contributed by atoms with Gasteiger partial charge >= 0.3 is 0 Å². The largest absolute Gasteiger partial charge is 0.490 e. The van der Waals surface area contributed by atoms with Gasteiger partial charge in [0.05, 0.1) is 12.8 Å². The number of furan rings is 1. The fourth-order valence-corrected chi connectivity index (χ4v) is 2.32. The third-order valence-corrected chi connectivity index (χ3v) is 3.47. The third kappa shape index (κ3) is 5.18. The molecule has 24 heavy (non-hydrogen) atoms. The molecule has 0 aliphatic heterocycles. The lowest BCUT2D eigenvalue weighted by Crippen LogP contribution is -2.12. The molecule has 0 aliphatic carbocycles. The predicted molar refractivity (Wildman–Crippen MR) is 93.1 cm³/mol. The highest BCUT2D eigenvalue weighted by Gasteiger charge is 1.99. The van der Waals surface area contributed by atoms with Gasteiger partial charge in [0.2, 0.25) is 0 Å². The van der Waals surface area contributed by atoms with Gasteiger partial charge in [0.1, 0.15) is 30.5 Å². The van der Waals surface area contributed by atoms with Crippen LogP contribution in [0.25, 0.3) is 0 Å². The lowest BCUT2D eigenvalue weighted by atomic mass is 10.2. The van der Waals surface area contributed by atoms with Crippen LogP contribution in [-0.2, 0) is 13.1 Å². The van der Waals surface area contributed by atoms with Crippen LogP contribution in [0.1, 0.15) is 11.3 Å². The lowest BCUT2D eigenvalue weighted by molar-refractivity contribution is 0.217. The summed E-state index contributed by atoms with van der Waals surface area (Å²) in [6.45, 7) is 2.50. The minimum Gasteiger partial charge on any atom is -0.490 e. The number of para-hydroxylation sites is 1. The number of hydrogen-bond donors (Lipinski definition) is 1. The topological polar surface area (TPSA) is 43.6 Å². The van der Waals surface area contributed by atoms with E-state index in [9.17, 15) is 0 Å². The Morgan fingerprint density at radius 2 is 1.54 bits per heavy atom. The van der Waals surface area contributed by atoms with Crippen molar-refractivity contribution in [2.75, 3.05) is 13.2 Å². The normalized spacial score (nSPS) is 10.5. The quantitative estimate of drug-likeness (QED) is 0.604.